The Bertz CT molecular complexity index is 630. The number of rotatable bonds is 4. The van der Waals surface area contributed by atoms with Crippen LogP contribution in [0.5, 0.6) is 0 Å². The third kappa shape index (κ3) is 2.62. The average molecular weight is 299 g/mol. The number of anilines is 1. The first-order valence-corrected chi connectivity index (χ1v) is 7.52. The Kier molecular flexibility index (Phi) is 3.98. The number of hydrogen-bond acceptors (Lipinski definition) is 5. The maximum Gasteiger partial charge on any atom is 0.248 e. The first-order valence-electron chi connectivity index (χ1n) is 6.08. The molecular weight excluding hydrogens is 282 g/mol. The first kappa shape index (κ1) is 14.8. The van der Waals surface area contributed by atoms with Crippen LogP contribution in [0.4, 0.5) is 5.69 Å². The molecule has 0 aromatic heterocycles. The van der Waals surface area contributed by atoms with E-state index >= 15 is 0 Å². The number of primary amides is 1. The van der Waals surface area contributed by atoms with Crippen LogP contribution in [-0.4, -0.2) is 44.9 Å². The maximum atomic E-state index is 12.5. The summed E-state index contributed by atoms with van der Waals surface area (Å²) < 4.78 is 31.4. The van der Waals surface area contributed by atoms with E-state index in [0.29, 0.717) is 19.5 Å². The Labute approximate surface area is 117 Å². The summed E-state index contributed by atoms with van der Waals surface area (Å²) in [7, 11) is -2.13. The smallest absolute Gasteiger partial charge is 0.248 e. The van der Waals surface area contributed by atoms with Crippen LogP contribution in [-0.2, 0) is 14.8 Å². The molecule has 20 heavy (non-hydrogen) atoms. The lowest BCUT2D eigenvalue weighted by Gasteiger charge is -2.17. The van der Waals surface area contributed by atoms with Crippen molar-refractivity contribution in [3.63, 3.8) is 0 Å². The van der Waals surface area contributed by atoms with Crippen molar-refractivity contribution in [2.75, 3.05) is 25.9 Å². The number of carbonyl (C=O) groups excluding carboxylic acids is 1. The van der Waals surface area contributed by atoms with Gasteiger partial charge in [0.15, 0.2) is 0 Å². The Balaban J connectivity index is 2.33. The van der Waals surface area contributed by atoms with Crippen LogP contribution in [0, 0.1) is 0 Å². The molecule has 1 heterocycles. The van der Waals surface area contributed by atoms with Crippen molar-refractivity contribution in [1.29, 1.82) is 0 Å². The highest BCUT2D eigenvalue weighted by molar-refractivity contribution is 7.89. The van der Waals surface area contributed by atoms with Gasteiger partial charge in [0.25, 0.3) is 0 Å². The van der Waals surface area contributed by atoms with Crippen LogP contribution in [0.15, 0.2) is 23.1 Å². The van der Waals surface area contributed by atoms with Crippen LogP contribution < -0.4 is 11.5 Å². The second-order valence-electron chi connectivity index (χ2n) is 4.63. The molecule has 0 spiro atoms. The molecule has 1 unspecified atom stereocenters. The quantitative estimate of drug-likeness (QED) is 0.745. The summed E-state index contributed by atoms with van der Waals surface area (Å²) in [6.07, 6.45) is 0.547. The Morgan fingerprint density at radius 3 is 2.65 bits per heavy atom. The van der Waals surface area contributed by atoms with Crippen molar-refractivity contribution < 1.29 is 17.9 Å². The van der Waals surface area contributed by atoms with E-state index in [1.165, 1.54) is 22.5 Å². The van der Waals surface area contributed by atoms with Crippen LogP contribution in [0.3, 0.4) is 0 Å². The molecule has 1 aromatic rings. The molecule has 2 rings (SSSR count). The molecule has 1 atom stereocenters. The molecule has 4 N–H and O–H groups in total. The highest BCUT2D eigenvalue weighted by Gasteiger charge is 2.33. The predicted octanol–water partition coefficient (Wildman–Crippen LogP) is -0.223. The van der Waals surface area contributed by atoms with Gasteiger partial charge >= 0.3 is 0 Å². The molecule has 0 aliphatic carbocycles. The van der Waals surface area contributed by atoms with Crippen molar-refractivity contribution in [3.8, 4) is 0 Å². The second-order valence-corrected chi connectivity index (χ2v) is 6.53. The Morgan fingerprint density at radius 2 is 2.15 bits per heavy atom. The monoisotopic (exact) mass is 299 g/mol. The highest BCUT2D eigenvalue weighted by Crippen LogP contribution is 2.26. The van der Waals surface area contributed by atoms with Crippen LogP contribution in [0.2, 0.25) is 0 Å². The first-order chi connectivity index (χ1) is 9.36. The van der Waals surface area contributed by atoms with Crippen LogP contribution in [0.25, 0.3) is 0 Å². The van der Waals surface area contributed by atoms with Crippen molar-refractivity contribution in [2.24, 2.45) is 5.73 Å². The van der Waals surface area contributed by atoms with Crippen LogP contribution in [0.1, 0.15) is 16.8 Å². The van der Waals surface area contributed by atoms with Gasteiger partial charge in [0.1, 0.15) is 4.90 Å². The molecule has 0 bridgehead atoms. The summed E-state index contributed by atoms with van der Waals surface area (Å²) in [6, 6.07) is 3.94. The molecule has 7 nitrogen and oxygen atoms in total. The largest absolute Gasteiger partial charge is 0.398 e. The van der Waals surface area contributed by atoms with Gasteiger partial charge in [0.2, 0.25) is 15.9 Å². The van der Waals surface area contributed by atoms with E-state index in [1.807, 2.05) is 0 Å². The lowest BCUT2D eigenvalue weighted by molar-refractivity contribution is 0.1000. The topological polar surface area (TPSA) is 116 Å². The van der Waals surface area contributed by atoms with E-state index in [0.717, 1.165) is 0 Å². The van der Waals surface area contributed by atoms with Crippen molar-refractivity contribution in [2.45, 2.75) is 17.4 Å². The molecule has 1 saturated heterocycles. The number of benzene rings is 1. The summed E-state index contributed by atoms with van der Waals surface area (Å²) in [4.78, 5) is 11.0. The molecule has 0 radical (unpaired) electrons. The molecule has 1 fully saturated rings. The minimum atomic E-state index is -3.68. The standard InChI is InChI=1S/C12H17N3O4S/c1-19-9-4-5-15(7-9)20(17,18)11-3-2-8(12(14)16)6-10(11)13/h2-3,6,9H,4-5,7,13H2,1H3,(H2,14,16). The lowest BCUT2D eigenvalue weighted by Crippen LogP contribution is -2.30. The number of nitrogens with two attached hydrogens (primary N) is 2. The predicted molar refractivity (Wildman–Crippen MR) is 73.5 cm³/mol. The number of sulfonamides is 1. The van der Waals surface area contributed by atoms with Gasteiger partial charge in [-0.3, -0.25) is 4.79 Å². The average Bonchev–Trinajstić information content (AvgIpc) is 2.87. The van der Waals surface area contributed by atoms with Gasteiger partial charge in [0, 0.05) is 25.8 Å². The molecule has 1 aliphatic heterocycles. The zero-order chi connectivity index (χ0) is 14.9. The fraction of sp³-hybridized carbons (Fsp3) is 0.417. The van der Waals surface area contributed by atoms with Gasteiger partial charge in [-0.05, 0) is 24.6 Å². The van der Waals surface area contributed by atoms with E-state index in [4.69, 9.17) is 16.2 Å². The van der Waals surface area contributed by atoms with Crippen molar-refractivity contribution in [3.05, 3.63) is 23.8 Å². The highest BCUT2D eigenvalue weighted by atomic mass is 32.2. The summed E-state index contributed by atoms with van der Waals surface area (Å²) in [5, 5.41) is 0. The van der Waals surface area contributed by atoms with E-state index in [9.17, 15) is 13.2 Å². The number of amides is 1. The summed E-state index contributed by atoms with van der Waals surface area (Å²) in [5.74, 6) is -0.652. The third-order valence-corrected chi connectivity index (χ3v) is 5.29. The number of nitrogens with zero attached hydrogens (tertiary/aromatic N) is 1. The molecule has 1 aliphatic rings. The Morgan fingerprint density at radius 1 is 1.45 bits per heavy atom. The number of carbonyl (C=O) groups is 1. The summed E-state index contributed by atoms with van der Waals surface area (Å²) in [5.41, 5.74) is 11.1. The Hall–Kier alpha value is -1.64. The van der Waals surface area contributed by atoms with Gasteiger partial charge in [0.05, 0.1) is 11.8 Å². The van der Waals surface area contributed by atoms with E-state index in [1.54, 1.807) is 7.11 Å². The van der Waals surface area contributed by atoms with Crippen molar-refractivity contribution >= 4 is 21.6 Å². The van der Waals surface area contributed by atoms with E-state index < -0.39 is 15.9 Å². The second kappa shape index (κ2) is 5.39. The molecule has 1 aromatic carbocycles. The minimum Gasteiger partial charge on any atom is -0.398 e. The fourth-order valence-electron chi connectivity index (χ4n) is 2.18. The van der Waals surface area contributed by atoms with Gasteiger partial charge in [-0.25, -0.2) is 8.42 Å². The van der Waals surface area contributed by atoms with Crippen molar-refractivity contribution in [1.82, 2.24) is 4.31 Å². The van der Waals surface area contributed by atoms with E-state index in [2.05, 4.69) is 0 Å². The summed E-state index contributed by atoms with van der Waals surface area (Å²) >= 11 is 0. The number of hydrogen-bond donors (Lipinski definition) is 2. The maximum absolute atomic E-state index is 12.5. The lowest BCUT2D eigenvalue weighted by atomic mass is 10.2. The number of ether oxygens (including phenoxy) is 1. The van der Waals surface area contributed by atoms with E-state index in [-0.39, 0.29) is 22.3 Å². The molecule has 1 amide bonds. The minimum absolute atomic E-state index is 0.0146. The number of methoxy groups -OCH3 is 1. The van der Waals surface area contributed by atoms with Gasteiger partial charge in [-0.15, -0.1) is 0 Å². The fourth-order valence-corrected chi connectivity index (χ4v) is 3.77. The molecular formula is C12H17N3O4S. The molecule has 0 saturated carbocycles. The zero-order valence-corrected chi connectivity index (χ0v) is 11.9. The third-order valence-electron chi connectivity index (χ3n) is 3.35. The normalized spacial score (nSPS) is 20.1. The van der Waals surface area contributed by atoms with Gasteiger partial charge < -0.3 is 16.2 Å². The zero-order valence-electron chi connectivity index (χ0n) is 11.1. The SMILES string of the molecule is COC1CCN(S(=O)(=O)c2ccc(C(N)=O)cc2N)C1. The summed E-state index contributed by atoms with van der Waals surface area (Å²) in [6.45, 7) is 0.688. The van der Waals surface area contributed by atoms with Gasteiger partial charge in [-0.1, -0.05) is 0 Å². The molecule has 8 heteroatoms. The van der Waals surface area contributed by atoms with Crippen LogP contribution >= 0.6 is 0 Å². The van der Waals surface area contributed by atoms with Gasteiger partial charge in [-0.2, -0.15) is 4.31 Å². The molecule has 110 valence electrons. The number of nitrogen functional groups attached to an aromatic ring is 1.